The van der Waals surface area contributed by atoms with E-state index in [9.17, 15) is 0 Å². The molecule has 0 bridgehead atoms. The number of piperidine rings is 1. The first-order valence-corrected chi connectivity index (χ1v) is 4.55. The van der Waals surface area contributed by atoms with Crippen LogP contribution in [0.5, 0.6) is 0 Å². The molecule has 60 valence electrons. The van der Waals surface area contributed by atoms with Crippen molar-refractivity contribution >= 4 is 12.6 Å². The minimum Gasteiger partial charge on any atom is -0.327 e. The molecule has 0 spiro atoms. The molecule has 1 saturated heterocycles. The molecule has 2 nitrogen and oxygen atoms in total. The molecule has 0 aromatic rings. The molecule has 3 heteroatoms. The molecule has 2 N–H and O–H groups in total. The molecule has 1 heterocycles. The van der Waals surface area contributed by atoms with Crippen molar-refractivity contribution in [1.29, 1.82) is 0 Å². The molecular weight excluding hydrogens is 144 g/mol. The summed E-state index contributed by atoms with van der Waals surface area (Å²) in [7, 11) is 0. The Morgan fingerprint density at radius 2 is 2.40 bits per heavy atom. The highest BCUT2D eigenvalue weighted by atomic mass is 32.1. The van der Waals surface area contributed by atoms with Gasteiger partial charge in [0.15, 0.2) is 0 Å². The molecule has 0 aromatic carbocycles. The molecular formula is C7H16N2S. The van der Waals surface area contributed by atoms with Gasteiger partial charge in [-0.15, -0.1) is 0 Å². The summed E-state index contributed by atoms with van der Waals surface area (Å²) in [5.74, 6) is 0.951. The first-order valence-electron chi connectivity index (χ1n) is 3.91. The second kappa shape index (κ2) is 4.21. The van der Waals surface area contributed by atoms with Crippen LogP contribution in [0.25, 0.3) is 0 Å². The van der Waals surface area contributed by atoms with Gasteiger partial charge in [-0.05, 0) is 19.4 Å². The lowest BCUT2D eigenvalue weighted by atomic mass is 10.1. The Kier molecular flexibility index (Phi) is 3.52. The van der Waals surface area contributed by atoms with Gasteiger partial charge in [-0.2, -0.15) is 12.6 Å². The van der Waals surface area contributed by atoms with Crippen LogP contribution in [0, 0.1) is 0 Å². The Morgan fingerprint density at radius 1 is 1.60 bits per heavy atom. The molecule has 0 amide bonds. The highest BCUT2D eigenvalue weighted by molar-refractivity contribution is 7.80. The van der Waals surface area contributed by atoms with Crippen LogP contribution in [-0.2, 0) is 0 Å². The van der Waals surface area contributed by atoms with Gasteiger partial charge in [0.05, 0.1) is 0 Å². The monoisotopic (exact) mass is 160 g/mol. The van der Waals surface area contributed by atoms with Crippen molar-refractivity contribution in [1.82, 2.24) is 4.90 Å². The maximum absolute atomic E-state index is 5.79. The van der Waals surface area contributed by atoms with Gasteiger partial charge in [0.1, 0.15) is 0 Å². The number of thiol groups is 1. The predicted octanol–water partition coefficient (Wildman–Crippen LogP) is 0.339. The molecule has 0 aliphatic carbocycles. The summed E-state index contributed by atoms with van der Waals surface area (Å²) < 4.78 is 0. The Labute approximate surface area is 68.2 Å². The molecule has 1 fully saturated rings. The number of nitrogens with zero attached hydrogens (tertiary/aromatic N) is 1. The number of rotatable bonds is 2. The van der Waals surface area contributed by atoms with Crippen LogP contribution in [0.4, 0.5) is 0 Å². The first kappa shape index (κ1) is 8.37. The van der Waals surface area contributed by atoms with E-state index in [0.29, 0.717) is 6.04 Å². The van der Waals surface area contributed by atoms with E-state index in [1.165, 1.54) is 19.4 Å². The minimum absolute atomic E-state index is 0.411. The summed E-state index contributed by atoms with van der Waals surface area (Å²) in [6.45, 7) is 3.38. The van der Waals surface area contributed by atoms with Crippen molar-refractivity contribution < 1.29 is 0 Å². The Bertz CT molecular complexity index is 95.6. The summed E-state index contributed by atoms with van der Waals surface area (Å²) in [5, 5.41) is 0. The van der Waals surface area contributed by atoms with Crippen LogP contribution in [0.2, 0.25) is 0 Å². The average molecular weight is 160 g/mol. The van der Waals surface area contributed by atoms with Gasteiger partial charge in [-0.1, -0.05) is 0 Å². The number of likely N-dealkylation sites (tertiary alicyclic amines) is 1. The number of nitrogens with two attached hydrogens (primary N) is 1. The molecule has 1 atom stereocenters. The maximum atomic E-state index is 5.79. The van der Waals surface area contributed by atoms with Crippen molar-refractivity contribution in [3.63, 3.8) is 0 Å². The van der Waals surface area contributed by atoms with Crippen molar-refractivity contribution in [3.8, 4) is 0 Å². The third-order valence-corrected chi connectivity index (χ3v) is 2.16. The average Bonchev–Trinajstić information content (AvgIpc) is 1.88. The summed E-state index contributed by atoms with van der Waals surface area (Å²) >= 11 is 4.18. The zero-order chi connectivity index (χ0) is 7.40. The minimum atomic E-state index is 0.411. The summed E-state index contributed by atoms with van der Waals surface area (Å²) in [4.78, 5) is 2.39. The van der Waals surface area contributed by atoms with E-state index in [1.54, 1.807) is 0 Å². The van der Waals surface area contributed by atoms with E-state index < -0.39 is 0 Å². The van der Waals surface area contributed by atoms with Gasteiger partial charge >= 0.3 is 0 Å². The van der Waals surface area contributed by atoms with E-state index in [2.05, 4.69) is 17.5 Å². The normalized spacial score (nSPS) is 28.8. The van der Waals surface area contributed by atoms with Crippen molar-refractivity contribution in [2.75, 3.05) is 25.4 Å². The van der Waals surface area contributed by atoms with E-state index >= 15 is 0 Å². The number of hydrogen-bond acceptors (Lipinski definition) is 3. The van der Waals surface area contributed by atoms with Crippen LogP contribution >= 0.6 is 12.6 Å². The van der Waals surface area contributed by atoms with Gasteiger partial charge in [0.2, 0.25) is 0 Å². The third kappa shape index (κ3) is 2.48. The maximum Gasteiger partial charge on any atom is 0.0168 e. The fourth-order valence-corrected chi connectivity index (χ4v) is 1.72. The molecule has 0 radical (unpaired) electrons. The first-order chi connectivity index (χ1) is 4.83. The number of hydrogen-bond donors (Lipinski definition) is 2. The second-order valence-electron chi connectivity index (χ2n) is 2.93. The van der Waals surface area contributed by atoms with Gasteiger partial charge in [-0.25, -0.2) is 0 Å². The van der Waals surface area contributed by atoms with Crippen molar-refractivity contribution in [2.24, 2.45) is 5.73 Å². The highest BCUT2D eigenvalue weighted by Crippen LogP contribution is 2.07. The lowest BCUT2D eigenvalue weighted by Gasteiger charge is -2.29. The smallest absolute Gasteiger partial charge is 0.0168 e. The molecule has 1 unspecified atom stereocenters. The van der Waals surface area contributed by atoms with Gasteiger partial charge in [0, 0.05) is 24.9 Å². The van der Waals surface area contributed by atoms with Crippen LogP contribution < -0.4 is 5.73 Å². The lowest BCUT2D eigenvalue weighted by Crippen LogP contribution is -2.43. The fourth-order valence-electron chi connectivity index (χ4n) is 1.44. The Hall–Kier alpha value is 0.270. The van der Waals surface area contributed by atoms with Crippen LogP contribution in [-0.4, -0.2) is 36.3 Å². The molecule has 10 heavy (non-hydrogen) atoms. The van der Waals surface area contributed by atoms with E-state index in [4.69, 9.17) is 5.73 Å². The summed E-state index contributed by atoms with van der Waals surface area (Å²) in [5.41, 5.74) is 5.79. The zero-order valence-corrected chi connectivity index (χ0v) is 7.19. The zero-order valence-electron chi connectivity index (χ0n) is 6.29. The molecule has 1 aliphatic rings. The fraction of sp³-hybridized carbons (Fsp3) is 1.00. The van der Waals surface area contributed by atoms with Gasteiger partial charge < -0.3 is 10.6 Å². The predicted molar refractivity (Wildman–Crippen MR) is 47.5 cm³/mol. The summed E-state index contributed by atoms with van der Waals surface area (Å²) in [6.07, 6.45) is 2.46. The molecule has 1 aliphatic heterocycles. The van der Waals surface area contributed by atoms with Crippen molar-refractivity contribution in [2.45, 2.75) is 18.9 Å². The molecule has 0 saturated carbocycles. The quantitative estimate of drug-likeness (QED) is 0.570. The third-order valence-electron chi connectivity index (χ3n) is 1.96. The summed E-state index contributed by atoms with van der Waals surface area (Å²) in [6, 6.07) is 0.411. The van der Waals surface area contributed by atoms with E-state index in [0.717, 1.165) is 18.8 Å². The van der Waals surface area contributed by atoms with Crippen molar-refractivity contribution in [3.05, 3.63) is 0 Å². The highest BCUT2D eigenvalue weighted by Gasteiger charge is 2.14. The molecule has 1 rings (SSSR count). The van der Waals surface area contributed by atoms with Crippen LogP contribution in [0.15, 0.2) is 0 Å². The molecule has 0 aromatic heterocycles. The SMILES string of the molecule is NC1CCCN(CCS)C1. The van der Waals surface area contributed by atoms with Crippen LogP contribution in [0.1, 0.15) is 12.8 Å². The standard InChI is InChI=1S/C7H16N2S/c8-7-2-1-3-9(6-7)4-5-10/h7,10H,1-6,8H2. The lowest BCUT2D eigenvalue weighted by molar-refractivity contribution is 0.221. The van der Waals surface area contributed by atoms with Gasteiger partial charge in [-0.3, -0.25) is 0 Å². The van der Waals surface area contributed by atoms with Gasteiger partial charge in [0.25, 0.3) is 0 Å². The second-order valence-corrected chi connectivity index (χ2v) is 3.37. The van der Waals surface area contributed by atoms with E-state index in [-0.39, 0.29) is 0 Å². The Morgan fingerprint density at radius 3 is 3.00 bits per heavy atom. The van der Waals surface area contributed by atoms with E-state index in [1.807, 2.05) is 0 Å². The Balaban J connectivity index is 2.18. The topological polar surface area (TPSA) is 29.3 Å². The largest absolute Gasteiger partial charge is 0.327 e. The van der Waals surface area contributed by atoms with Crippen LogP contribution in [0.3, 0.4) is 0 Å².